The van der Waals surface area contributed by atoms with Gasteiger partial charge in [-0.05, 0) is 49.8 Å². The Morgan fingerprint density at radius 1 is 1.15 bits per heavy atom. The molecule has 2 heterocycles. The summed E-state index contributed by atoms with van der Waals surface area (Å²) in [7, 11) is 0. The number of nitrogens with one attached hydrogen (secondary N) is 2. The normalized spacial score (nSPS) is 22.3. The van der Waals surface area contributed by atoms with Crippen LogP contribution in [-0.2, 0) is 5.54 Å². The van der Waals surface area contributed by atoms with Crippen molar-refractivity contribution in [2.24, 2.45) is 0 Å². The van der Waals surface area contributed by atoms with Crippen molar-refractivity contribution in [2.75, 3.05) is 32.7 Å². The Morgan fingerprint density at radius 2 is 1.85 bits per heavy atom. The Kier molecular flexibility index (Phi) is 5.67. The molecular formula is C19H31FN6+2. The number of hydrogen-bond donors (Lipinski definition) is 2. The zero-order valence-electron chi connectivity index (χ0n) is 16.3. The van der Waals surface area contributed by atoms with Crippen molar-refractivity contribution in [1.29, 1.82) is 0 Å². The van der Waals surface area contributed by atoms with E-state index < -0.39 is 0 Å². The molecule has 1 aliphatic rings. The van der Waals surface area contributed by atoms with E-state index in [1.165, 1.54) is 11.0 Å². The van der Waals surface area contributed by atoms with Crippen molar-refractivity contribution in [2.45, 2.75) is 45.7 Å². The van der Waals surface area contributed by atoms with Crippen molar-refractivity contribution in [1.82, 2.24) is 20.2 Å². The number of piperazine rings is 1. The molecule has 0 spiro atoms. The van der Waals surface area contributed by atoms with Crippen LogP contribution in [0.1, 0.15) is 51.5 Å². The standard InChI is InChI=1S/C19H29FN6/c1-5-19(3,4)26-18(21-22-23-26)17(15-9-7-8-10-16(15)20)25-13-11-24(6-2)12-14-25/h7-10,17H,5-6,11-14H2,1-4H3/p+2/t17-/m0/s1. The molecule has 1 fully saturated rings. The van der Waals surface area contributed by atoms with Crippen molar-refractivity contribution in [3.05, 3.63) is 41.5 Å². The smallest absolute Gasteiger partial charge is 0.214 e. The van der Waals surface area contributed by atoms with Gasteiger partial charge in [0.25, 0.3) is 0 Å². The van der Waals surface area contributed by atoms with Crippen LogP contribution in [-0.4, -0.2) is 52.9 Å². The second kappa shape index (κ2) is 7.80. The van der Waals surface area contributed by atoms with Gasteiger partial charge in [0, 0.05) is 0 Å². The number of benzene rings is 1. The molecule has 7 heteroatoms. The van der Waals surface area contributed by atoms with Gasteiger partial charge in [0.1, 0.15) is 32.0 Å². The van der Waals surface area contributed by atoms with Crippen molar-refractivity contribution in [3.8, 4) is 0 Å². The summed E-state index contributed by atoms with van der Waals surface area (Å²) in [6, 6.07) is 6.87. The number of nitrogens with zero attached hydrogens (tertiary/aromatic N) is 4. The highest BCUT2D eigenvalue weighted by Crippen LogP contribution is 2.25. The molecule has 1 aliphatic heterocycles. The minimum atomic E-state index is -0.210. The molecule has 0 bridgehead atoms. The van der Waals surface area contributed by atoms with Crippen LogP contribution in [0.15, 0.2) is 24.3 Å². The van der Waals surface area contributed by atoms with Gasteiger partial charge >= 0.3 is 0 Å². The van der Waals surface area contributed by atoms with E-state index >= 15 is 0 Å². The Balaban J connectivity index is 2.03. The molecule has 0 radical (unpaired) electrons. The van der Waals surface area contributed by atoms with E-state index in [9.17, 15) is 4.39 Å². The van der Waals surface area contributed by atoms with Crippen LogP contribution >= 0.6 is 0 Å². The first-order valence-electron chi connectivity index (χ1n) is 9.69. The number of aromatic nitrogens is 4. The lowest BCUT2D eigenvalue weighted by molar-refractivity contribution is -1.02. The van der Waals surface area contributed by atoms with Gasteiger partial charge in [-0.2, -0.15) is 0 Å². The predicted molar refractivity (Wildman–Crippen MR) is 97.6 cm³/mol. The summed E-state index contributed by atoms with van der Waals surface area (Å²) in [6.07, 6.45) is 0.901. The Morgan fingerprint density at radius 3 is 2.46 bits per heavy atom. The second-order valence-electron chi connectivity index (χ2n) is 7.83. The van der Waals surface area contributed by atoms with Crippen LogP contribution in [0.4, 0.5) is 4.39 Å². The average Bonchev–Trinajstić information content (AvgIpc) is 3.14. The zero-order chi connectivity index (χ0) is 18.7. The van der Waals surface area contributed by atoms with E-state index in [2.05, 4.69) is 43.2 Å². The van der Waals surface area contributed by atoms with Gasteiger partial charge in [-0.3, -0.25) is 0 Å². The quantitative estimate of drug-likeness (QED) is 0.752. The zero-order valence-corrected chi connectivity index (χ0v) is 16.3. The third-order valence-electron chi connectivity index (χ3n) is 5.91. The summed E-state index contributed by atoms with van der Waals surface area (Å²) in [5, 5.41) is 12.6. The fraction of sp³-hybridized carbons (Fsp3) is 0.632. The fourth-order valence-corrected chi connectivity index (χ4v) is 3.77. The number of likely N-dealkylation sites (N-methyl/N-ethyl adjacent to an activating group) is 1. The third kappa shape index (κ3) is 3.64. The lowest BCUT2D eigenvalue weighted by atomic mass is 9.98. The minimum Gasteiger partial charge on any atom is -0.326 e. The van der Waals surface area contributed by atoms with Crippen LogP contribution < -0.4 is 9.80 Å². The molecule has 0 unspecified atom stereocenters. The molecule has 26 heavy (non-hydrogen) atoms. The third-order valence-corrected chi connectivity index (χ3v) is 5.91. The van der Waals surface area contributed by atoms with E-state index in [1.807, 2.05) is 16.8 Å². The fourth-order valence-electron chi connectivity index (χ4n) is 3.77. The summed E-state index contributed by atoms with van der Waals surface area (Å²) < 4.78 is 16.6. The van der Waals surface area contributed by atoms with Crippen LogP contribution in [0.25, 0.3) is 0 Å². The molecule has 1 aromatic heterocycles. The van der Waals surface area contributed by atoms with Gasteiger partial charge in [0.2, 0.25) is 5.82 Å². The number of halogens is 1. The minimum absolute atomic E-state index is 0.181. The van der Waals surface area contributed by atoms with Crippen LogP contribution in [0.2, 0.25) is 0 Å². The van der Waals surface area contributed by atoms with Crippen molar-refractivity contribution in [3.63, 3.8) is 0 Å². The van der Waals surface area contributed by atoms with E-state index in [4.69, 9.17) is 0 Å². The van der Waals surface area contributed by atoms with Gasteiger partial charge in [-0.25, -0.2) is 9.07 Å². The van der Waals surface area contributed by atoms with Gasteiger partial charge in [-0.1, -0.05) is 19.1 Å². The molecule has 1 atom stereocenters. The summed E-state index contributed by atoms with van der Waals surface area (Å²) in [5.41, 5.74) is 0.476. The topological polar surface area (TPSA) is 52.5 Å². The maximum Gasteiger partial charge on any atom is 0.214 e. The van der Waals surface area contributed by atoms with Gasteiger partial charge in [-0.15, -0.1) is 5.10 Å². The number of hydrogen-bond acceptors (Lipinski definition) is 3. The molecule has 1 saturated heterocycles. The maximum atomic E-state index is 14.7. The monoisotopic (exact) mass is 362 g/mol. The largest absolute Gasteiger partial charge is 0.326 e. The first-order valence-corrected chi connectivity index (χ1v) is 9.69. The summed E-state index contributed by atoms with van der Waals surface area (Å²) in [5.74, 6) is 0.580. The highest BCUT2D eigenvalue weighted by atomic mass is 19.1. The van der Waals surface area contributed by atoms with Crippen LogP contribution in [0.3, 0.4) is 0 Å². The van der Waals surface area contributed by atoms with Gasteiger partial charge < -0.3 is 9.80 Å². The first kappa shape index (κ1) is 18.9. The highest BCUT2D eigenvalue weighted by molar-refractivity contribution is 5.24. The van der Waals surface area contributed by atoms with Crippen molar-refractivity contribution < 1.29 is 14.2 Å². The highest BCUT2D eigenvalue weighted by Gasteiger charge is 2.38. The van der Waals surface area contributed by atoms with Gasteiger partial charge in [0.05, 0.1) is 17.6 Å². The number of rotatable bonds is 6. The molecule has 3 rings (SSSR count). The number of quaternary nitrogens is 2. The predicted octanol–water partition coefficient (Wildman–Crippen LogP) is -0.150. The van der Waals surface area contributed by atoms with Gasteiger partial charge in [0.15, 0.2) is 6.04 Å². The first-order chi connectivity index (χ1) is 12.5. The molecule has 0 saturated carbocycles. The average molecular weight is 362 g/mol. The van der Waals surface area contributed by atoms with Crippen molar-refractivity contribution >= 4 is 0 Å². The molecule has 2 aromatic rings. The van der Waals surface area contributed by atoms with E-state index in [0.29, 0.717) is 5.56 Å². The molecule has 0 aliphatic carbocycles. The molecule has 0 amide bonds. The lowest BCUT2D eigenvalue weighted by Crippen LogP contribution is -3.28. The summed E-state index contributed by atoms with van der Waals surface area (Å²) in [4.78, 5) is 2.95. The Hall–Kier alpha value is -1.86. The maximum absolute atomic E-state index is 14.7. The molecule has 1 aromatic carbocycles. The van der Waals surface area contributed by atoms with Crippen LogP contribution in [0.5, 0.6) is 0 Å². The molecule has 2 N–H and O–H groups in total. The molecule has 142 valence electrons. The SMILES string of the molecule is CC[NH+]1CC[NH+]([C@@H](c2ccccc2F)c2nnnn2C(C)(C)CC)CC1. The summed E-state index contributed by atoms with van der Waals surface area (Å²) in [6.45, 7) is 13.9. The van der Waals surface area contributed by atoms with E-state index in [0.717, 1.165) is 45.0 Å². The number of tetrazole rings is 1. The lowest BCUT2D eigenvalue weighted by Gasteiger charge is -2.35. The van der Waals surface area contributed by atoms with E-state index in [-0.39, 0.29) is 17.4 Å². The molecule has 6 nitrogen and oxygen atoms in total. The Bertz CT molecular complexity index is 720. The van der Waals surface area contributed by atoms with Crippen LogP contribution in [0, 0.1) is 5.82 Å². The Labute approximate surface area is 155 Å². The molecular weight excluding hydrogens is 331 g/mol. The van der Waals surface area contributed by atoms with E-state index in [1.54, 1.807) is 11.0 Å². The summed E-state index contributed by atoms with van der Waals surface area (Å²) >= 11 is 0. The second-order valence-corrected chi connectivity index (χ2v) is 7.83.